The van der Waals surface area contributed by atoms with E-state index in [0.29, 0.717) is 28.9 Å². The molecule has 1 aliphatic rings. The van der Waals surface area contributed by atoms with E-state index >= 15 is 0 Å². The van der Waals surface area contributed by atoms with Crippen molar-refractivity contribution in [1.29, 1.82) is 0 Å². The van der Waals surface area contributed by atoms with Crippen LogP contribution in [0.25, 0.3) is 0 Å². The first kappa shape index (κ1) is 18.8. The quantitative estimate of drug-likeness (QED) is 0.770. The molecule has 1 fully saturated rings. The molecule has 1 saturated heterocycles. The maximum atomic E-state index is 12.4. The summed E-state index contributed by atoms with van der Waals surface area (Å²) in [5.74, 6) is -0.583. The van der Waals surface area contributed by atoms with E-state index in [2.05, 4.69) is 10.6 Å². The highest BCUT2D eigenvalue weighted by atomic mass is 16.5. The number of amides is 2. The molecule has 1 aliphatic heterocycles. The van der Waals surface area contributed by atoms with Gasteiger partial charge in [-0.3, -0.25) is 14.4 Å². The van der Waals surface area contributed by atoms with E-state index in [1.165, 1.54) is 6.92 Å². The van der Waals surface area contributed by atoms with Gasteiger partial charge in [0.1, 0.15) is 0 Å². The Balaban J connectivity index is 1.62. The first-order valence-corrected chi connectivity index (χ1v) is 8.95. The van der Waals surface area contributed by atoms with E-state index in [1.807, 2.05) is 0 Å². The third kappa shape index (κ3) is 5.01. The van der Waals surface area contributed by atoms with E-state index in [4.69, 9.17) is 4.74 Å². The molecule has 0 aliphatic carbocycles. The first-order valence-electron chi connectivity index (χ1n) is 8.95. The summed E-state index contributed by atoms with van der Waals surface area (Å²) in [6.45, 7) is 2.70. The van der Waals surface area contributed by atoms with Gasteiger partial charge >= 0.3 is 0 Å². The lowest BCUT2D eigenvalue weighted by molar-refractivity contribution is 0.0857. The second kappa shape index (κ2) is 8.60. The van der Waals surface area contributed by atoms with Crippen molar-refractivity contribution in [3.63, 3.8) is 0 Å². The Bertz CT molecular complexity index is 840. The molecule has 27 heavy (non-hydrogen) atoms. The van der Waals surface area contributed by atoms with Crippen LogP contribution in [-0.4, -0.2) is 36.9 Å². The Morgan fingerprint density at radius 1 is 1.00 bits per heavy atom. The fourth-order valence-corrected chi connectivity index (χ4v) is 2.91. The number of carbonyl (C=O) groups excluding carboxylic acids is 3. The molecule has 1 heterocycles. The molecule has 1 atom stereocenters. The minimum atomic E-state index is -0.320. The van der Waals surface area contributed by atoms with E-state index in [-0.39, 0.29) is 23.7 Å². The lowest BCUT2D eigenvalue weighted by Crippen LogP contribution is -2.31. The number of ether oxygens (including phenoxy) is 1. The minimum Gasteiger partial charge on any atom is -0.376 e. The number of Topliss-reactive ketones (excluding diaryl/α,β-unsaturated/α-hetero) is 1. The van der Waals surface area contributed by atoms with Crippen LogP contribution < -0.4 is 10.6 Å². The lowest BCUT2D eigenvalue weighted by atomic mass is 10.1. The van der Waals surface area contributed by atoms with Crippen molar-refractivity contribution < 1.29 is 19.1 Å². The number of hydrogen-bond donors (Lipinski definition) is 2. The zero-order valence-corrected chi connectivity index (χ0v) is 15.2. The molecular formula is C21H22N2O4. The van der Waals surface area contributed by atoms with Crippen molar-refractivity contribution in [2.45, 2.75) is 25.9 Å². The molecule has 0 saturated carbocycles. The summed E-state index contributed by atoms with van der Waals surface area (Å²) >= 11 is 0. The van der Waals surface area contributed by atoms with Gasteiger partial charge in [-0.15, -0.1) is 0 Å². The van der Waals surface area contributed by atoms with Crippen molar-refractivity contribution in [2.24, 2.45) is 0 Å². The molecular weight excluding hydrogens is 344 g/mol. The average Bonchev–Trinajstić information content (AvgIpc) is 3.20. The van der Waals surface area contributed by atoms with Gasteiger partial charge in [-0.1, -0.05) is 6.07 Å². The third-order valence-corrected chi connectivity index (χ3v) is 4.45. The van der Waals surface area contributed by atoms with Gasteiger partial charge in [-0.2, -0.15) is 0 Å². The largest absolute Gasteiger partial charge is 0.376 e. The molecule has 140 valence electrons. The molecule has 0 aromatic heterocycles. The fraction of sp³-hybridized carbons (Fsp3) is 0.286. The second-order valence-electron chi connectivity index (χ2n) is 6.51. The summed E-state index contributed by atoms with van der Waals surface area (Å²) in [7, 11) is 0. The molecule has 6 heteroatoms. The van der Waals surface area contributed by atoms with Gasteiger partial charge in [0.2, 0.25) is 0 Å². The molecule has 2 aromatic carbocycles. The van der Waals surface area contributed by atoms with Gasteiger partial charge in [0, 0.05) is 35.5 Å². The summed E-state index contributed by atoms with van der Waals surface area (Å²) < 4.78 is 5.49. The van der Waals surface area contributed by atoms with Crippen molar-refractivity contribution in [1.82, 2.24) is 5.32 Å². The van der Waals surface area contributed by atoms with Crippen LogP contribution in [0.5, 0.6) is 0 Å². The van der Waals surface area contributed by atoms with Gasteiger partial charge in [0.25, 0.3) is 11.8 Å². The molecule has 2 aromatic rings. The fourth-order valence-electron chi connectivity index (χ4n) is 2.91. The number of nitrogens with one attached hydrogen (secondary N) is 2. The van der Waals surface area contributed by atoms with Crippen LogP contribution in [0.3, 0.4) is 0 Å². The summed E-state index contributed by atoms with van der Waals surface area (Å²) in [4.78, 5) is 36.1. The number of hydrogen-bond acceptors (Lipinski definition) is 4. The molecule has 3 rings (SSSR count). The summed E-state index contributed by atoms with van der Waals surface area (Å²) in [6.07, 6.45) is 2.03. The zero-order chi connectivity index (χ0) is 19.2. The highest BCUT2D eigenvalue weighted by molar-refractivity contribution is 6.06. The number of anilines is 1. The minimum absolute atomic E-state index is 0.0328. The molecule has 0 spiro atoms. The molecule has 2 N–H and O–H groups in total. The van der Waals surface area contributed by atoms with Crippen LogP contribution in [0.15, 0.2) is 48.5 Å². The normalized spacial score (nSPS) is 16.0. The Kier molecular flexibility index (Phi) is 5.98. The standard InChI is InChI=1S/C21H22N2O4/c1-14(24)15-7-9-18(10-8-15)23-21(26)17-5-2-4-16(12-17)20(25)22-13-19-6-3-11-27-19/h2,4-5,7-10,12,19H,3,6,11,13H2,1H3,(H,22,25)(H,23,26). The Labute approximate surface area is 157 Å². The maximum Gasteiger partial charge on any atom is 0.255 e. The van der Waals surface area contributed by atoms with E-state index in [0.717, 1.165) is 19.4 Å². The number of carbonyl (C=O) groups is 3. The molecule has 6 nitrogen and oxygen atoms in total. The number of benzene rings is 2. The monoisotopic (exact) mass is 366 g/mol. The predicted molar refractivity (Wildman–Crippen MR) is 102 cm³/mol. The second-order valence-corrected chi connectivity index (χ2v) is 6.51. The molecule has 0 bridgehead atoms. The lowest BCUT2D eigenvalue weighted by Gasteiger charge is -2.11. The van der Waals surface area contributed by atoms with E-state index in [1.54, 1.807) is 48.5 Å². The number of rotatable bonds is 6. The summed E-state index contributed by atoms with van der Waals surface area (Å²) in [5, 5.41) is 5.61. The van der Waals surface area contributed by atoms with Crippen LogP contribution >= 0.6 is 0 Å². The van der Waals surface area contributed by atoms with Gasteiger partial charge < -0.3 is 15.4 Å². The maximum absolute atomic E-state index is 12.4. The zero-order valence-electron chi connectivity index (χ0n) is 15.2. The van der Waals surface area contributed by atoms with E-state index in [9.17, 15) is 14.4 Å². The Morgan fingerprint density at radius 2 is 1.70 bits per heavy atom. The summed E-state index contributed by atoms with van der Waals surface area (Å²) in [5.41, 5.74) is 1.97. The highest BCUT2D eigenvalue weighted by Gasteiger charge is 2.17. The molecule has 2 amide bonds. The van der Waals surface area contributed by atoms with E-state index < -0.39 is 0 Å². The Morgan fingerprint density at radius 3 is 2.33 bits per heavy atom. The SMILES string of the molecule is CC(=O)c1ccc(NC(=O)c2cccc(C(=O)NCC3CCCO3)c2)cc1. The van der Waals surface area contributed by atoms with Crippen LogP contribution in [0.1, 0.15) is 50.8 Å². The van der Waals surface area contributed by atoms with Crippen molar-refractivity contribution in [3.8, 4) is 0 Å². The smallest absolute Gasteiger partial charge is 0.255 e. The van der Waals surface area contributed by atoms with Gasteiger partial charge in [0.15, 0.2) is 5.78 Å². The predicted octanol–water partition coefficient (Wildman–Crippen LogP) is 3.05. The topological polar surface area (TPSA) is 84.5 Å². The van der Waals surface area contributed by atoms with Crippen molar-refractivity contribution in [3.05, 3.63) is 65.2 Å². The van der Waals surface area contributed by atoms with Gasteiger partial charge in [-0.25, -0.2) is 0 Å². The van der Waals surface area contributed by atoms with Gasteiger partial charge in [0.05, 0.1) is 6.10 Å². The number of ketones is 1. The Hall–Kier alpha value is -2.99. The van der Waals surface area contributed by atoms with Crippen LogP contribution in [0.4, 0.5) is 5.69 Å². The molecule has 0 radical (unpaired) electrons. The summed E-state index contributed by atoms with van der Waals surface area (Å²) in [6, 6.07) is 13.2. The molecule has 1 unspecified atom stereocenters. The van der Waals surface area contributed by atoms with Crippen molar-refractivity contribution >= 4 is 23.3 Å². The van der Waals surface area contributed by atoms with Crippen molar-refractivity contribution in [2.75, 3.05) is 18.5 Å². The van der Waals surface area contributed by atoms with Crippen LogP contribution in [-0.2, 0) is 4.74 Å². The first-order chi connectivity index (χ1) is 13.0. The average molecular weight is 366 g/mol. The van der Waals surface area contributed by atoms with Crippen LogP contribution in [0, 0.1) is 0 Å². The highest BCUT2D eigenvalue weighted by Crippen LogP contribution is 2.14. The van der Waals surface area contributed by atoms with Crippen LogP contribution in [0.2, 0.25) is 0 Å². The van der Waals surface area contributed by atoms with Gasteiger partial charge in [-0.05, 0) is 62.2 Å². The third-order valence-electron chi connectivity index (χ3n) is 4.45.